The standard InChI is InChI=1S/C21H25N3O2/c1-6-16(15-7-8-15)25-21-20-19(22-14(5)23-21)18(24-26-20)17-12(3)9-11(2)10-13(17)4/h9-10,15-16H,6-8H2,1-5H3. The van der Waals surface area contributed by atoms with Crippen LogP contribution in [0.2, 0.25) is 0 Å². The van der Waals surface area contributed by atoms with Crippen molar-refractivity contribution in [3.05, 3.63) is 34.6 Å². The number of hydrogen-bond acceptors (Lipinski definition) is 5. The topological polar surface area (TPSA) is 61.0 Å². The van der Waals surface area contributed by atoms with Crippen molar-refractivity contribution in [2.45, 2.75) is 60.0 Å². The van der Waals surface area contributed by atoms with Gasteiger partial charge in [0.05, 0.1) is 0 Å². The molecule has 0 saturated heterocycles. The summed E-state index contributed by atoms with van der Waals surface area (Å²) in [6.07, 6.45) is 3.61. The lowest BCUT2D eigenvalue weighted by molar-refractivity contribution is 0.165. The molecule has 2 heterocycles. The van der Waals surface area contributed by atoms with Crippen LogP contribution in [-0.2, 0) is 0 Å². The van der Waals surface area contributed by atoms with Crippen LogP contribution in [0, 0.1) is 33.6 Å². The van der Waals surface area contributed by atoms with Crippen molar-refractivity contribution in [3.63, 3.8) is 0 Å². The van der Waals surface area contributed by atoms with E-state index in [1.807, 2.05) is 6.92 Å². The Morgan fingerprint density at radius 3 is 2.42 bits per heavy atom. The fourth-order valence-corrected chi connectivity index (χ4v) is 3.84. The second-order valence-corrected chi connectivity index (χ2v) is 7.46. The average molecular weight is 351 g/mol. The molecule has 0 radical (unpaired) electrons. The van der Waals surface area contributed by atoms with Crippen LogP contribution in [0.3, 0.4) is 0 Å². The molecule has 2 aromatic heterocycles. The maximum Gasteiger partial charge on any atom is 0.265 e. The largest absolute Gasteiger partial charge is 0.471 e. The van der Waals surface area contributed by atoms with Crippen LogP contribution in [0.15, 0.2) is 16.7 Å². The molecule has 0 aliphatic heterocycles. The Labute approximate surface area is 153 Å². The molecule has 1 aliphatic rings. The van der Waals surface area contributed by atoms with E-state index in [0.29, 0.717) is 23.2 Å². The quantitative estimate of drug-likeness (QED) is 0.641. The predicted molar refractivity (Wildman–Crippen MR) is 101 cm³/mol. The normalized spacial score (nSPS) is 15.4. The van der Waals surface area contributed by atoms with Gasteiger partial charge in [-0.25, -0.2) is 4.98 Å². The van der Waals surface area contributed by atoms with Crippen LogP contribution in [0.5, 0.6) is 5.88 Å². The third-order valence-corrected chi connectivity index (χ3v) is 5.13. The van der Waals surface area contributed by atoms with E-state index in [1.54, 1.807) is 0 Å². The van der Waals surface area contributed by atoms with Crippen molar-refractivity contribution in [2.75, 3.05) is 0 Å². The molecular weight excluding hydrogens is 326 g/mol. The SMILES string of the molecule is CCC(Oc1nc(C)nc2c(-c3c(C)cc(C)cc3C)noc12)C1CC1. The molecule has 0 N–H and O–H groups in total. The highest BCUT2D eigenvalue weighted by atomic mass is 16.5. The Morgan fingerprint density at radius 1 is 1.12 bits per heavy atom. The molecule has 26 heavy (non-hydrogen) atoms. The van der Waals surface area contributed by atoms with Crippen LogP contribution in [0.4, 0.5) is 0 Å². The summed E-state index contributed by atoms with van der Waals surface area (Å²) >= 11 is 0. The lowest BCUT2D eigenvalue weighted by atomic mass is 9.97. The van der Waals surface area contributed by atoms with Gasteiger partial charge in [-0.05, 0) is 64.0 Å². The van der Waals surface area contributed by atoms with Gasteiger partial charge in [0.25, 0.3) is 5.88 Å². The molecule has 5 heteroatoms. The zero-order valence-corrected chi connectivity index (χ0v) is 16.1. The number of aromatic nitrogens is 3. The van der Waals surface area contributed by atoms with E-state index < -0.39 is 0 Å². The first-order valence-electron chi connectivity index (χ1n) is 9.36. The predicted octanol–water partition coefficient (Wildman–Crippen LogP) is 5.09. The number of hydrogen-bond donors (Lipinski definition) is 0. The summed E-state index contributed by atoms with van der Waals surface area (Å²) in [5.74, 6) is 1.83. The van der Waals surface area contributed by atoms with Crippen LogP contribution >= 0.6 is 0 Å². The summed E-state index contributed by atoms with van der Waals surface area (Å²) < 4.78 is 11.9. The van der Waals surface area contributed by atoms with E-state index in [2.05, 4.69) is 55.0 Å². The van der Waals surface area contributed by atoms with Crippen molar-refractivity contribution in [3.8, 4) is 17.1 Å². The molecule has 0 amide bonds. The minimum absolute atomic E-state index is 0.184. The van der Waals surface area contributed by atoms with E-state index >= 15 is 0 Å². The minimum atomic E-state index is 0.184. The van der Waals surface area contributed by atoms with Crippen molar-refractivity contribution in [2.24, 2.45) is 5.92 Å². The molecule has 1 aromatic carbocycles. The van der Waals surface area contributed by atoms with Crippen molar-refractivity contribution in [1.29, 1.82) is 0 Å². The Hall–Kier alpha value is -2.43. The Morgan fingerprint density at radius 2 is 1.81 bits per heavy atom. The van der Waals surface area contributed by atoms with Gasteiger partial charge in [-0.1, -0.05) is 29.8 Å². The highest BCUT2D eigenvalue weighted by Crippen LogP contribution is 2.39. The number of nitrogens with zero attached hydrogens (tertiary/aromatic N) is 3. The fourth-order valence-electron chi connectivity index (χ4n) is 3.84. The van der Waals surface area contributed by atoms with Crippen LogP contribution in [-0.4, -0.2) is 21.2 Å². The minimum Gasteiger partial charge on any atom is -0.471 e. The summed E-state index contributed by atoms with van der Waals surface area (Å²) in [5.41, 5.74) is 6.69. The molecule has 4 rings (SSSR count). The van der Waals surface area contributed by atoms with E-state index in [-0.39, 0.29) is 6.10 Å². The second kappa shape index (κ2) is 6.38. The van der Waals surface area contributed by atoms with Gasteiger partial charge in [-0.3, -0.25) is 0 Å². The monoisotopic (exact) mass is 351 g/mol. The molecule has 136 valence electrons. The number of aryl methyl sites for hydroxylation is 4. The molecule has 0 bridgehead atoms. The first-order chi connectivity index (χ1) is 12.5. The number of benzene rings is 1. The average Bonchev–Trinajstić information content (AvgIpc) is 3.33. The first-order valence-corrected chi connectivity index (χ1v) is 9.36. The van der Waals surface area contributed by atoms with Crippen LogP contribution in [0.1, 0.15) is 48.7 Å². The molecule has 1 saturated carbocycles. The maximum absolute atomic E-state index is 6.23. The van der Waals surface area contributed by atoms with E-state index in [1.165, 1.54) is 29.5 Å². The molecule has 5 nitrogen and oxygen atoms in total. The van der Waals surface area contributed by atoms with Crippen molar-refractivity contribution in [1.82, 2.24) is 15.1 Å². The Balaban J connectivity index is 1.84. The highest BCUT2D eigenvalue weighted by molar-refractivity contribution is 5.92. The van der Waals surface area contributed by atoms with Gasteiger partial charge in [0.1, 0.15) is 23.1 Å². The van der Waals surface area contributed by atoms with Crippen molar-refractivity contribution >= 4 is 11.1 Å². The number of rotatable bonds is 5. The Kier molecular flexibility index (Phi) is 4.17. The zero-order valence-electron chi connectivity index (χ0n) is 16.1. The zero-order chi connectivity index (χ0) is 18.4. The first kappa shape index (κ1) is 17.0. The molecule has 3 aromatic rings. The van der Waals surface area contributed by atoms with Gasteiger partial charge in [0.2, 0.25) is 5.58 Å². The smallest absolute Gasteiger partial charge is 0.265 e. The van der Waals surface area contributed by atoms with Gasteiger partial charge in [-0.15, -0.1) is 0 Å². The highest BCUT2D eigenvalue weighted by Gasteiger charge is 2.33. The number of fused-ring (bicyclic) bond motifs is 1. The van der Waals surface area contributed by atoms with E-state index in [9.17, 15) is 0 Å². The van der Waals surface area contributed by atoms with Crippen LogP contribution < -0.4 is 4.74 Å². The van der Waals surface area contributed by atoms with Gasteiger partial charge in [0.15, 0.2) is 0 Å². The molecule has 1 aliphatic carbocycles. The summed E-state index contributed by atoms with van der Waals surface area (Å²) in [6, 6.07) is 4.32. The maximum atomic E-state index is 6.23. The molecule has 1 unspecified atom stereocenters. The molecule has 1 fully saturated rings. The lowest BCUT2D eigenvalue weighted by Crippen LogP contribution is -2.18. The lowest BCUT2D eigenvalue weighted by Gasteiger charge is -2.16. The third kappa shape index (κ3) is 2.96. The van der Waals surface area contributed by atoms with Crippen molar-refractivity contribution < 1.29 is 9.26 Å². The van der Waals surface area contributed by atoms with E-state index in [0.717, 1.165) is 23.2 Å². The van der Waals surface area contributed by atoms with Gasteiger partial charge in [-0.2, -0.15) is 4.98 Å². The Bertz CT molecular complexity index is 950. The second-order valence-electron chi connectivity index (χ2n) is 7.46. The fraction of sp³-hybridized carbons (Fsp3) is 0.476. The van der Waals surface area contributed by atoms with Gasteiger partial charge < -0.3 is 9.26 Å². The molecule has 0 spiro atoms. The van der Waals surface area contributed by atoms with Gasteiger partial charge in [0, 0.05) is 5.56 Å². The summed E-state index contributed by atoms with van der Waals surface area (Å²) in [6.45, 7) is 10.3. The summed E-state index contributed by atoms with van der Waals surface area (Å²) in [7, 11) is 0. The van der Waals surface area contributed by atoms with Gasteiger partial charge >= 0.3 is 0 Å². The third-order valence-electron chi connectivity index (χ3n) is 5.13. The van der Waals surface area contributed by atoms with E-state index in [4.69, 9.17) is 9.26 Å². The number of ether oxygens (including phenoxy) is 1. The molecular formula is C21H25N3O2. The summed E-state index contributed by atoms with van der Waals surface area (Å²) in [5, 5.41) is 4.35. The molecule has 1 atom stereocenters. The summed E-state index contributed by atoms with van der Waals surface area (Å²) in [4.78, 5) is 9.12. The van der Waals surface area contributed by atoms with Crippen LogP contribution in [0.25, 0.3) is 22.4 Å².